The number of piperidine rings is 1. The molecule has 0 aliphatic carbocycles. The molecule has 0 aromatic heterocycles. The molecule has 1 heterocycles. The monoisotopic (exact) mass is 254 g/mol. The van der Waals surface area contributed by atoms with E-state index in [2.05, 4.69) is 18.7 Å². The van der Waals surface area contributed by atoms with Gasteiger partial charge in [0.1, 0.15) is 0 Å². The Morgan fingerprint density at radius 2 is 1.78 bits per heavy atom. The molecule has 0 aromatic rings. The summed E-state index contributed by atoms with van der Waals surface area (Å²) in [6.07, 6.45) is 3.00. The highest BCUT2D eigenvalue weighted by atomic mass is 16.1. The number of carbonyl (C=O) groups is 1. The lowest BCUT2D eigenvalue weighted by atomic mass is 9.82. The number of hydrogen-bond acceptors (Lipinski definition) is 3. The molecule has 1 rings (SSSR count). The summed E-state index contributed by atoms with van der Waals surface area (Å²) in [5.41, 5.74) is 5.70. The van der Waals surface area contributed by atoms with Crippen molar-refractivity contribution in [2.75, 3.05) is 13.1 Å². The molecule has 18 heavy (non-hydrogen) atoms. The van der Waals surface area contributed by atoms with Gasteiger partial charge in [0.05, 0.1) is 6.04 Å². The summed E-state index contributed by atoms with van der Waals surface area (Å²) in [4.78, 5) is 15.0. The van der Waals surface area contributed by atoms with Gasteiger partial charge in [-0.3, -0.25) is 9.69 Å². The molecular formula is C15H30N2O. The van der Waals surface area contributed by atoms with Crippen LogP contribution in [0.5, 0.6) is 0 Å². The standard InChI is InChI=1S/C15H30N2O/c1-11(2)10-13(14(18)15(3,4)5)17-8-6-12(16)7-9-17/h11-13H,6-10,16H2,1-5H3. The van der Waals surface area contributed by atoms with E-state index < -0.39 is 0 Å². The fourth-order valence-corrected chi connectivity index (χ4v) is 2.60. The van der Waals surface area contributed by atoms with Crippen molar-refractivity contribution in [2.24, 2.45) is 17.1 Å². The molecule has 1 aliphatic rings. The van der Waals surface area contributed by atoms with Crippen LogP contribution in [0.25, 0.3) is 0 Å². The van der Waals surface area contributed by atoms with Crippen molar-refractivity contribution in [1.82, 2.24) is 4.90 Å². The first kappa shape index (κ1) is 15.6. The Bertz CT molecular complexity index is 273. The molecule has 1 aliphatic heterocycles. The fourth-order valence-electron chi connectivity index (χ4n) is 2.60. The van der Waals surface area contributed by atoms with Gasteiger partial charge < -0.3 is 5.73 Å². The van der Waals surface area contributed by atoms with Gasteiger partial charge in [-0.05, 0) is 25.2 Å². The van der Waals surface area contributed by atoms with E-state index in [0.717, 1.165) is 32.4 Å². The molecule has 0 aromatic carbocycles. The van der Waals surface area contributed by atoms with Crippen molar-refractivity contribution in [3.63, 3.8) is 0 Å². The summed E-state index contributed by atoms with van der Waals surface area (Å²) < 4.78 is 0. The third kappa shape index (κ3) is 4.36. The zero-order valence-corrected chi connectivity index (χ0v) is 12.7. The van der Waals surface area contributed by atoms with Crippen molar-refractivity contribution in [3.05, 3.63) is 0 Å². The molecule has 0 radical (unpaired) electrons. The van der Waals surface area contributed by atoms with Gasteiger partial charge in [-0.2, -0.15) is 0 Å². The quantitative estimate of drug-likeness (QED) is 0.838. The second-order valence-electron chi connectivity index (χ2n) is 7.13. The van der Waals surface area contributed by atoms with E-state index >= 15 is 0 Å². The number of nitrogens with two attached hydrogens (primary N) is 1. The van der Waals surface area contributed by atoms with Gasteiger partial charge in [0, 0.05) is 24.5 Å². The van der Waals surface area contributed by atoms with Crippen LogP contribution in [0.3, 0.4) is 0 Å². The molecule has 1 saturated heterocycles. The summed E-state index contributed by atoms with van der Waals surface area (Å²) >= 11 is 0. The summed E-state index contributed by atoms with van der Waals surface area (Å²) in [7, 11) is 0. The minimum atomic E-state index is -0.251. The number of ketones is 1. The lowest BCUT2D eigenvalue weighted by Gasteiger charge is -2.39. The van der Waals surface area contributed by atoms with Gasteiger partial charge in [-0.25, -0.2) is 0 Å². The molecule has 1 unspecified atom stereocenters. The third-order valence-corrected chi connectivity index (χ3v) is 3.75. The summed E-state index contributed by atoms with van der Waals surface area (Å²) in [6.45, 7) is 12.4. The topological polar surface area (TPSA) is 46.3 Å². The number of likely N-dealkylation sites (tertiary alicyclic amines) is 1. The Hall–Kier alpha value is -0.410. The molecular weight excluding hydrogens is 224 g/mol. The number of nitrogens with zero attached hydrogens (tertiary/aromatic N) is 1. The van der Waals surface area contributed by atoms with E-state index in [-0.39, 0.29) is 11.5 Å². The largest absolute Gasteiger partial charge is 0.328 e. The van der Waals surface area contributed by atoms with Crippen molar-refractivity contribution in [3.8, 4) is 0 Å². The zero-order valence-electron chi connectivity index (χ0n) is 12.7. The molecule has 3 nitrogen and oxygen atoms in total. The Morgan fingerprint density at radius 3 is 2.17 bits per heavy atom. The molecule has 1 fully saturated rings. The number of carbonyl (C=O) groups excluding carboxylic acids is 1. The molecule has 1 atom stereocenters. The second kappa shape index (κ2) is 6.16. The van der Waals surface area contributed by atoms with Crippen LogP contribution in [0, 0.1) is 11.3 Å². The Labute approximate surface area is 112 Å². The van der Waals surface area contributed by atoms with Crippen molar-refractivity contribution < 1.29 is 4.79 Å². The van der Waals surface area contributed by atoms with Gasteiger partial charge in [-0.1, -0.05) is 34.6 Å². The average Bonchev–Trinajstić information content (AvgIpc) is 2.25. The SMILES string of the molecule is CC(C)CC(C(=O)C(C)(C)C)N1CCC(N)CC1. The predicted octanol–water partition coefficient (Wildman–Crippen LogP) is 2.44. The van der Waals surface area contributed by atoms with E-state index in [9.17, 15) is 4.79 Å². The van der Waals surface area contributed by atoms with Gasteiger partial charge in [0.15, 0.2) is 5.78 Å². The molecule has 0 bridgehead atoms. The summed E-state index contributed by atoms with van der Waals surface area (Å²) in [6, 6.07) is 0.406. The van der Waals surface area contributed by atoms with Crippen LogP contribution in [0.15, 0.2) is 0 Å². The van der Waals surface area contributed by atoms with Gasteiger partial charge in [-0.15, -0.1) is 0 Å². The first-order chi connectivity index (χ1) is 8.21. The van der Waals surface area contributed by atoms with Crippen LogP contribution in [0.4, 0.5) is 0 Å². The van der Waals surface area contributed by atoms with Gasteiger partial charge >= 0.3 is 0 Å². The van der Waals surface area contributed by atoms with Crippen LogP contribution in [0.1, 0.15) is 53.9 Å². The van der Waals surface area contributed by atoms with E-state index in [1.165, 1.54) is 0 Å². The number of rotatable bonds is 4. The second-order valence-corrected chi connectivity index (χ2v) is 7.13. The minimum absolute atomic E-state index is 0.0810. The van der Waals surface area contributed by atoms with Crippen LogP contribution >= 0.6 is 0 Å². The number of Topliss-reactive ketones (excluding diaryl/α,β-unsaturated/α-hetero) is 1. The molecule has 0 spiro atoms. The third-order valence-electron chi connectivity index (χ3n) is 3.75. The number of hydrogen-bond donors (Lipinski definition) is 1. The van der Waals surface area contributed by atoms with Crippen LogP contribution in [-0.4, -0.2) is 35.9 Å². The highest BCUT2D eigenvalue weighted by Gasteiger charge is 2.35. The maximum Gasteiger partial charge on any atom is 0.155 e. The molecule has 2 N–H and O–H groups in total. The van der Waals surface area contributed by atoms with E-state index in [1.54, 1.807) is 0 Å². The Kier molecular flexibility index (Phi) is 5.35. The summed E-state index contributed by atoms with van der Waals surface area (Å²) in [5, 5.41) is 0. The van der Waals surface area contributed by atoms with E-state index in [1.807, 2.05) is 20.8 Å². The highest BCUT2D eigenvalue weighted by Crippen LogP contribution is 2.25. The first-order valence-electron chi connectivity index (χ1n) is 7.25. The van der Waals surface area contributed by atoms with Crippen molar-refractivity contribution in [1.29, 1.82) is 0 Å². The van der Waals surface area contributed by atoms with E-state index in [4.69, 9.17) is 5.73 Å². The first-order valence-corrected chi connectivity index (χ1v) is 7.25. The molecule has 0 saturated carbocycles. The maximum atomic E-state index is 12.6. The van der Waals surface area contributed by atoms with E-state index in [0.29, 0.717) is 17.7 Å². The van der Waals surface area contributed by atoms with Crippen molar-refractivity contribution in [2.45, 2.75) is 66.0 Å². The zero-order chi connectivity index (χ0) is 13.9. The van der Waals surface area contributed by atoms with Gasteiger partial charge in [0.25, 0.3) is 0 Å². The Morgan fingerprint density at radius 1 is 1.28 bits per heavy atom. The predicted molar refractivity (Wildman–Crippen MR) is 76.5 cm³/mol. The lowest BCUT2D eigenvalue weighted by Crippen LogP contribution is -2.51. The van der Waals surface area contributed by atoms with Crippen LogP contribution in [-0.2, 0) is 4.79 Å². The smallest absolute Gasteiger partial charge is 0.155 e. The van der Waals surface area contributed by atoms with Crippen molar-refractivity contribution >= 4 is 5.78 Å². The van der Waals surface area contributed by atoms with Crippen LogP contribution in [0.2, 0.25) is 0 Å². The molecule has 3 heteroatoms. The normalized spacial score (nSPS) is 21.3. The maximum absolute atomic E-state index is 12.6. The van der Waals surface area contributed by atoms with Crippen LogP contribution < -0.4 is 5.73 Å². The van der Waals surface area contributed by atoms with Gasteiger partial charge in [0.2, 0.25) is 0 Å². The Balaban J connectivity index is 2.75. The highest BCUT2D eigenvalue weighted by molar-refractivity contribution is 5.88. The average molecular weight is 254 g/mol. The molecule has 0 amide bonds. The molecule has 106 valence electrons. The minimum Gasteiger partial charge on any atom is -0.328 e. The summed E-state index contributed by atoms with van der Waals surface area (Å²) in [5.74, 6) is 0.934. The lowest BCUT2D eigenvalue weighted by molar-refractivity contribution is -0.133. The fraction of sp³-hybridized carbons (Fsp3) is 0.933.